The van der Waals surface area contributed by atoms with Gasteiger partial charge in [-0.3, -0.25) is 4.18 Å². The van der Waals surface area contributed by atoms with Crippen molar-refractivity contribution in [2.45, 2.75) is 18.3 Å². The third kappa shape index (κ3) is 2.16. The topological polar surface area (TPSA) is 38.5 Å². The minimum Gasteiger partial charge on any atom is -0.330 e. The Morgan fingerprint density at radius 3 is 2.86 bits per heavy atom. The number of rotatable bonds is 3. The van der Waals surface area contributed by atoms with Gasteiger partial charge in [-0.2, -0.15) is 0 Å². The summed E-state index contributed by atoms with van der Waals surface area (Å²) in [6, 6.07) is 0. The number of hydrogen-bond acceptors (Lipinski definition) is 3. The molecule has 1 rings (SSSR count). The van der Waals surface area contributed by atoms with Crippen LogP contribution in [-0.4, -0.2) is 12.0 Å². The lowest BCUT2D eigenvalue weighted by molar-refractivity contribution is 0.434. The van der Waals surface area contributed by atoms with E-state index in [1.54, 1.807) is 12.0 Å². The normalized spacial score (nSPS) is 27.9. The quantitative estimate of drug-likeness (QED) is 0.439. The molecule has 2 nitrogen and oxygen atoms in total. The van der Waals surface area contributed by atoms with Crippen LogP contribution in [-0.2, 0) is 4.18 Å². The van der Waals surface area contributed by atoms with E-state index in [0.29, 0.717) is 5.44 Å². The van der Waals surface area contributed by atoms with Crippen LogP contribution in [0.4, 0.5) is 0 Å². The average Bonchev–Trinajstić information content (AvgIpc) is 2.42. The van der Waals surface area contributed by atoms with Gasteiger partial charge in [-0.05, 0) is 19.4 Å². The van der Waals surface area contributed by atoms with E-state index in [0.717, 1.165) is 19.4 Å². The lowest BCUT2D eigenvalue weighted by Crippen LogP contribution is -1.99. The van der Waals surface area contributed by atoms with Crippen LogP contribution in [0.3, 0.4) is 0 Å². The predicted molar refractivity (Wildman–Crippen MR) is 30.8 cm³/mol. The van der Waals surface area contributed by atoms with E-state index in [9.17, 15) is 0 Å². The second-order valence-corrected chi connectivity index (χ2v) is 2.46. The molecule has 1 atom stereocenters. The predicted octanol–water partition coefficient (Wildman–Crippen LogP) is 0.730. The van der Waals surface area contributed by atoms with Crippen LogP contribution in [0, 0.1) is 0 Å². The van der Waals surface area contributed by atoms with Crippen LogP contribution in [0.5, 0.6) is 0 Å². The Kier molecular flexibility index (Phi) is 1.97. The summed E-state index contributed by atoms with van der Waals surface area (Å²) in [5, 5.41) is 0. The number of nitrogens with two attached hydrogens (primary N) is 1. The Morgan fingerprint density at radius 1 is 1.71 bits per heavy atom. The molecule has 0 amide bonds. The van der Waals surface area contributed by atoms with Crippen molar-refractivity contribution in [3.63, 3.8) is 0 Å². The van der Waals surface area contributed by atoms with Gasteiger partial charge in [-0.25, -0.2) is 0 Å². The first-order chi connectivity index (χ1) is 3.43. The summed E-state index contributed by atoms with van der Waals surface area (Å²) < 4.78 is 4.87. The van der Waals surface area contributed by atoms with Gasteiger partial charge in [-0.1, -0.05) is 0 Å². The monoisotopic (exact) mass is 119 g/mol. The van der Waals surface area contributed by atoms with Crippen LogP contribution in [0.25, 0.3) is 0 Å². The highest BCUT2D eigenvalue weighted by molar-refractivity contribution is 8.00. The Morgan fingerprint density at radius 2 is 2.43 bits per heavy atom. The van der Waals surface area contributed by atoms with E-state index >= 15 is 0 Å². The maximum Gasteiger partial charge on any atom is 0.143 e. The molecule has 1 heterocycles. The first kappa shape index (κ1) is 5.41. The van der Waals surface area contributed by atoms with Crippen molar-refractivity contribution in [1.29, 1.82) is 0 Å². The molecule has 3 heteroatoms. The second kappa shape index (κ2) is 2.55. The Hall–Kier alpha value is 0.270. The van der Waals surface area contributed by atoms with Crippen LogP contribution in [0.1, 0.15) is 12.8 Å². The summed E-state index contributed by atoms with van der Waals surface area (Å²) in [5.74, 6) is 0. The summed E-state index contributed by atoms with van der Waals surface area (Å²) in [4.78, 5) is 0. The minimum atomic E-state index is 0.489. The molecule has 42 valence electrons. The first-order valence-electron chi connectivity index (χ1n) is 2.45. The standard InChI is InChI=1S/C4H9NOS/c5-3-1-2-4-6-7-4/h4H,1-3,5H2. The highest BCUT2D eigenvalue weighted by atomic mass is 32.2. The molecule has 1 aliphatic rings. The van der Waals surface area contributed by atoms with Gasteiger partial charge in [0.15, 0.2) is 0 Å². The van der Waals surface area contributed by atoms with Gasteiger partial charge in [-0.15, -0.1) is 0 Å². The molecule has 1 unspecified atom stereocenters. The molecule has 0 aliphatic carbocycles. The molecule has 1 fully saturated rings. The van der Waals surface area contributed by atoms with E-state index in [1.165, 1.54) is 0 Å². The molecule has 1 saturated heterocycles. The molecule has 0 aromatic heterocycles. The van der Waals surface area contributed by atoms with E-state index in [1.807, 2.05) is 0 Å². The van der Waals surface area contributed by atoms with Crippen LogP contribution in [0.15, 0.2) is 0 Å². The fourth-order valence-electron chi connectivity index (χ4n) is 0.420. The summed E-state index contributed by atoms with van der Waals surface area (Å²) in [5.41, 5.74) is 5.73. The van der Waals surface area contributed by atoms with Crippen molar-refractivity contribution in [3.8, 4) is 0 Å². The minimum absolute atomic E-state index is 0.489. The SMILES string of the molecule is NCCCC1OS1. The molecule has 1 aliphatic heterocycles. The third-order valence-corrected chi connectivity index (χ3v) is 1.58. The van der Waals surface area contributed by atoms with Gasteiger partial charge in [0.05, 0.1) is 0 Å². The van der Waals surface area contributed by atoms with E-state index in [-0.39, 0.29) is 0 Å². The average molecular weight is 119 g/mol. The lowest BCUT2D eigenvalue weighted by atomic mass is 10.3. The van der Waals surface area contributed by atoms with Gasteiger partial charge in [0.25, 0.3) is 0 Å². The fraction of sp³-hybridized carbons (Fsp3) is 1.00. The molecular formula is C4H9NOS. The Labute approximate surface area is 47.6 Å². The van der Waals surface area contributed by atoms with Gasteiger partial charge in [0.1, 0.15) is 5.44 Å². The first-order valence-corrected chi connectivity index (χ1v) is 3.26. The van der Waals surface area contributed by atoms with Crippen molar-refractivity contribution in [1.82, 2.24) is 0 Å². The molecule has 0 radical (unpaired) electrons. The zero-order valence-electron chi connectivity index (χ0n) is 4.09. The molecule has 2 N–H and O–H groups in total. The smallest absolute Gasteiger partial charge is 0.143 e. The van der Waals surface area contributed by atoms with Crippen LogP contribution >= 0.6 is 12.0 Å². The lowest BCUT2D eigenvalue weighted by Gasteiger charge is -1.85. The highest BCUT2D eigenvalue weighted by Gasteiger charge is 2.23. The van der Waals surface area contributed by atoms with Gasteiger partial charge in [0.2, 0.25) is 0 Å². The van der Waals surface area contributed by atoms with Crippen LogP contribution < -0.4 is 5.73 Å². The van der Waals surface area contributed by atoms with Gasteiger partial charge >= 0.3 is 0 Å². The highest BCUT2D eigenvalue weighted by Crippen LogP contribution is 2.36. The summed E-state index contributed by atoms with van der Waals surface area (Å²) in [6.07, 6.45) is 2.22. The summed E-state index contributed by atoms with van der Waals surface area (Å²) in [7, 11) is 0. The summed E-state index contributed by atoms with van der Waals surface area (Å²) in [6.45, 7) is 0.792. The molecule has 0 aromatic carbocycles. The number of hydrogen-bond donors (Lipinski definition) is 1. The Balaban J connectivity index is 1.80. The van der Waals surface area contributed by atoms with Crippen molar-refractivity contribution in [3.05, 3.63) is 0 Å². The molecule has 0 spiro atoms. The zero-order valence-corrected chi connectivity index (χ0v) is 4.91. The fourth-order valence-corrected chi connectivity index (χ4v) is 0.858. The molecule has 7 heavy (non-hydrogen) atoms. The maximum atomic E-state index is 5.24. The van der Waals surface area contributed by atoms with Gasteiger partial charge < -0.3 is 5.73 Å². The largest absolute Gasteiger partial charge is 0.330 e. The van der Waals surface area contributed by atoms with Crippen molar-refractivity contribution in [2.75, 3.05) is 6.54 Å². The van der Waals surface area contributed by atoms with E-state index < -0.39 is 0 Å². The zero-order chi connectivity index (χ0) is 5.11. The van der Waals surface area contributed by atoms with Crippen LogP contribution in [0.2, 0.25) is 0 Å². The third-order valence-electron chi connectivity index (χ3n) is 0.876. The molecular weight excluding hydrogens is 110 g/mol. The maximum absolute atomic E-state index is 5.24. The van der Waals surface area contributed by atoms with E-state index in [4.69, 9.17) is 9.92 Å². The van der Waals surface area contributed by atoms with Crippen molar-refractivity contribution in [2.24, 2.45) is 5.73 Å². The van der Waals surface area contributed by atoms with Crippen molar-refractivity contribution < 1.29 is 4.18 Å². The Bertz CT molecular complexity index is 55.7. The van der Waals surface area contributed by atoms with Gasteiger partial charge in [0, 0.05) is 12.0 Å². The molecule has 0 bridgehead atoms. The van der Waals surface area contributed by atoms with E-state index in [2.05, 4.69) is 0 Å². The summed E-state index contributed by atoms with van der Waals surface area (Å²) >= 11 is 1.55. The molecule has 0 aromatic rings. The van der Waals surface area contributed by atoms with Crippen molar-refractivity contribution >= 4 is 12.0 Å². The molecule has 0 saturated carbocycles. The second-order valence-electron chi connectivity index (χ2n) is 1.55.